The molecule has 0 radical (unpaired) electrons. The van der Waals surface area contributed by atoms with Crippen LogP contribution < -0.4 is 21.9 Å². The summed E-state index contributed by atoms with van der Waals surface area (Å²) in [6.45, 7) is 3.00. The van der Waals surface area contributed by atoms with Crippen LogP contribution in [0.5, 0.6) is 0 Å². The van der Waals surface area contributed by atoms with Crippen LogP contribution in [0, 0.1) is 18.6 Å². The van der Waals surface area contributed by atoms with Crippen LogP contribution in [0.25, 0.3) is 0 Å². The lowest BCUT2D eigenvalue weighted by Crippen LogP contribution is -2.48. The van der Waals surface area contributed by atoms with Gasteiger partial charge in [-0.15, -0.1) is 0 Å². The molecule has 0 saturated carbocycles. The largest absolute Gasteiger partial charge is 0.378 e. The maximum Gasteiger partial charge on any atom is 0.331 e. The predicted octanol–water partition coefficient (Wildman–Crippen LogP) is 2.18. The van der Waals surface area contributed by atoms with Gasteiger partial charge in [-0.1, -0.05) is 36.4 Å². The number of nitrogens with zero attached hydrogens (tertiary/aromatic N) is 3. The Bertz CT molecular complexity index is 1230. The Morgan fingerprint density at radius 3 is 2.24 bits per heavy atom. The first kappa shape index (κ1) is 22.9. The van der Waals surface area contributed by atoms with Crippen LogP contribution in [-0.4, -0.2) is 35.4 Å². The number of ether oxygens (including phenoxy) is 1. The van der Waals surface area contributed by atoms with E-state index in [0.717, 1.165) is 22.3 Å². The zero-order chi connectivity index (χ0) is 23.5. The Morgan fingerprint density at radius 2 is 1.61 bits per heavy atom. The summed E-state index contributed by atoms with van der Waals surface area (Å²) in [5.41, 5.74) is 6.37. The lowest BCUT2D eigenvalue weighted by atomic mass is 10.1. The van der Waals surface area contributed by atoms with Gasteiger partial charge in [0.05, 0.1) is 26.3 Å². The van der Waals surface area contributed by atoms with Gasteiger partial charge >= 0.3 is 5.69 Å². The van der Waals surface area contributed by atoms with Gasteiger partial charge in [-0.2, -0.15) is 0 Å². The minimum Gasteiger partial charge on any atom is -0.378 e. The molecule has 1 unspecified atom stereocenters. The number of rotatable bonds is 6. The van der Waals surface area contributed by atoms with E-state index in [4.69, 9.17) is 10.5 Å². The van der Waals surface area contributed by atoms with Crippen LogP contribution in [0.1, 0.15) is 22.9 Å². The number of benzene rings is 2. The van der Waals surface area contributed by atoms with Gasteiger partial charge in [-0.05, 0) is 24.6 Å². The molecule has 4 rings (SSSR count). The lowest BCUT2D eigenvalue weighted by molar-refractivity contribution is 0.122. The maximum atomic E-state index is 14.4. The van der Waals surface area contributed by atoms with Crippen LogP contribution in [0.2, 0.25) is 0 Å². The van der Waals surface area contributed by atoms with Gasteiger partial charge in [0.15, 0.2) is 0 Å². The second kappa shape index (κ2) is 9.68. The molecule has 1 fully saturated rings. The molecule has 1 aliphatic heterocycles. The Morgan fingerprint density at radius 1 is 0.970 bits per heavy atom. The maximum absolute atomic E-state index is 14.4. The first-order valence-corrected chi connectivity index (χ1v) is 10.8. The molecule has 2 aromatic carbocycles. The number of morpholine rings is 1. The Labute approximate surface area is 189 Å². The minimum atomic E-state index is -0.757. The molecular weight excluding hydrogens is 430 g/mol. The van der Waals surface area contributed by atoms with Crippen molar-refractivity contribution in [2.24, 2.45) is 5.73 Å². The smallest absolute Gasteiger partial charge is 0.331 e. The highest BCUT2D eigenvalue weighted by Crippen LogP contribution is 2.19. The van der Waals surface area contributed by atoms with E-state index in [1.807, 2.05) is 35.2 Å². The van der Waals surface area contributed by atoms with Gasteiger partial charge in [0.2, 0.25) is 0 Å². The molecule has 1 saturated heterocycles. The van der Waals surface area contributed by atoms with Crippen molar-refractivity contribution in [1.82, 2.24) is 9.13 Å². The number of nitrogens with two attached hydrogens (primary N) is 1. The first-order chi connectivity index (χ1) is 15.9. The zero-order valence-electron chi connectivity index (χ0n) is 18.3. The average molecular weight is 456 g/mol. The van der Waals surface area contributed by atoms with E-state index in [-0.39, 0.29) is 18.7 Å². The second-order valence-electron chi connectivity index (χ2n) is 8.04. The van der Waals surface area contributed by atoms with E-state index in [9.17, 15) is 18.4 Å². The van der Waals surface area contributed by atoms with Crippen molar-refractivity contribution in [3.63, 3.8) is 0 Å². The fourth-order valence-electron chi connectivity index (χ4n) is 4.13. The topological polar surface area (TPSA) is 82.5 Å². The van der Waals surface area contributed by atoms with Gasteiger partial charge in [0, 0.05) is 30.4 Å². The van der Waals surface area contributed by atoms with Gasteiger partial charge in [-0.3, -0.25) is 13.9 Å². The van der Waals surface area contributed by atoms with Crippen molar-refractivity contribution in [3.05, 3.63) is 97.8 Å². The van der Waals surface area contributed by atoms with Crippen molar-refractivity contribution in [1.29, 1.82) is 0 Å². The highest BCUT2D eigenvalue weighted by Gasteiger charge is 2.25. The fourth-order valence-corrected chi connectivity index (χ4v) is 4.13. The molecular formula is C24H26F2N4O3. The highest BCUT2D eigenvalue weighted by molar-refractivity contribution is 5.49. The lowest BCUT2D eigenvalue weighted by Gasteiger charge is -2.31. The summed E-state index contributed by atoms with van der Waals surface area (Å²) in [5, 5.41) is 0. The van der Waals surface area contributed by atoms with Crippen LogP contribution in [0.3, 0.4) is 0 Å². The van der Waals surface area contributed by atoms with Crippen LogP contribution in [0.15, 0.2) is 58.1 Å². The second-order valence-corrected chi connectivity index (χ2v) is 8.04. The summed E-state index contributed by atoms with van der Waals surface area (Å²) in [4.78, 5) is 28.7. The third-order valence-electron chi connectivity index (χ3n) is 5.97. The van der Waals surface area contributed by atoms with E-state index in [1.165, 1.54) is 10.6 Å². The standard InChI is InChI=1S/C24H26F2N4O3/c1-16-22(28-10-12-33-13-11-28)23(31)30(15-21(27)17-6-3-2-4-7-17)24(32)29(16)14-18-19(25)8-5-9-20(18)26/h2-9,21H,10-15,27H2,1H3. The molecule has 0 spiro atoms. The van der Waals surface area contributed by atoms with Crippen molar-refractivity contribution < 1.29 is 13.5 Å². The van der Waals surface area contributed by atoms with Crippen molar-refractivity contribution in [3.8, 4) is 0 Å². The summed E-state index contributed by atoms with van der Waals surface area (Å²) in [7, 11) is 0. The monoisotopic (exact) mass is 456 g/mol. The molecule has 33 heavy (non-hydrogen) atoms. The average Bonchev–Trinajstić information content (AvgIpc) is 2.82. The first-order valence-electron chi connectivity index (χ1n) is 10.8. The van der Waals surface area contributed by atoms with Gasteiger partial charge in [-0.25, -0.2) is 13.6 Å². The number of hydrogen-bond acceptors (Lipinski definition) is 5. The minimum absolute atomic E-state index is 0.0704. The molecule has 9 heteroatoms. The van der Waals surface area contributed by atoms with Crippen molar-refractivity contribution >= 4 is 5.69 Å². The third-order valence-corrected chi connectivity index (χ3v) is 5.97. The molecule has 0 bridgehead atoms. The van der Waals surface area contributed by atoms with E-state index in [0.29, 0.717) is 37.7 Å². The van der Waals surface area contributed by atoms with E-state index in [2.05, 4.69) is 0 Å². The van der Waals surface area contributed by atoms with Crippen molar-refractivity contribution in [2.75, 3.05) is 31.2 Å². The molecule has 3 aromatic rings. The summed E-state index contributed by atoms with van der Waals surface area (Å²) in [6, 6.07) is 12.1. The molecule has 1 atom stereocenters. The quantitative estimate of drug-likeness (QED) is 0.615. The zero-order valence-corrected chi connectivity index (χ0v) is 18.3. The molecule has 7 nitrogen and oxygen atoms in total. The normalized spacial score (nSPS) is 15.0. The Kier molecular flexibility index (Phi) is 6.71. The number of hydrogen-bond donors (Lipinski definition) is 1. The Hall–Kier alpha value is -3.30. The predicted molar refractivity (Wildman–Crippen MR) is 122 cm³/mol. The molecule has 2 heterocycles. The number of aromatic nitrogens is 2. The summed E-state index contributed by atoms with van der Waals surface area (Å²) >= 11 is 0. The van der Waals surface area contributed by atoms with Crippen LogP contribution in [0.4, 0.5) is 14.5 Å². The van der Waals surface area contributed by atoms with Gasteiger partial charge in [0.1, 0.15) is 17.3 Å². The van der Waals surface area contributed by atoms with Crippen LogP contribution >= 0.6 is 0 Å². The van der Waals surface area contributed by atoms with Crippen LogP contribution in [-0.2, 0) is 17.8 Å². The van der Waals surface area contributed by atoms with E-state index < -0.39 is 28.9 Å². The Balaban J connectivity index is 1.85. The van der Waals surface area contributed by atoms with Gasteiger partial charge < -0.3 is 15.4 Å². The van der Waals surface area contributed by atoms with E-state index in [1.54, 1.807) is 6.92 Å². The number of halogens is 2. The summed E-state index contributed by atoms with van der Waals surface area (Å²) in [5.74, 6) is -1.51. The molecule has 0 amide bonds. The SMILES string of the molecule is Cc1c(N2CCOCC2)c(=O)n(CC(N)c2ccccc2)c(=O)n1Cc1c(F)cccc1F. The summed E-state index contributed by atoms with van der Waals surface area (Å²) < 4.78 is 36.5. The molecule has 0 aliphatic carbocycles. The third kappa shape index (κ3) is 4.60. The van der Waals surface area contributed by atoms with E-state index >= 15 is 0 Å². The fraction of sp³-hybridized carbons (Fsp3) is 0.333. The van der Waals surface area contributed by atoms with Gasteiger partial charge in [0.25, 0.3) is 5.56 Å². The summed E-state index contributed by atoms with van der Waals surface area (Å²) in [6.07, 6.45) is 0. The molecule has 1 aromatic heterocycles. The number of anilines is 1. The highest BCUT2D eigenvalue weighted by atomic mass is 19.1. The molecule has 1 aliphatic rings. The molecule has 2 N–H and O–H groups in total. The van der Waals surface area contributed by atoms with Crippen molar-refractivity contribution in [2.45, 2.75) is 26.1 Å². The molecule has 174 valence electrons.